The molecule has 0 N–H and O–H groups in total. The SMILES string of the molecule is Cc1ccc(C(C)N(C)C(=O)c2ccc(-n3cncn3)cc2)cc1. The molecule has 0 saturated carbocycles. The third-order valence-corrected chi connectivity index (χ3v) is 4.26. The summed E-state index contributed by atoms with van der Waals surface area (Å²) in [5, 5.41) is 4.08. The summed E-state index contributed by atoms with van der Waals surface area (Å²) >= 11 is 0. The lowest BCUT2D eigenvalue weighted by Crippen LogP contribution is -2.29. The minimum atomic E-state index is -0.00628. The van der Waals surface area contributed by atoms with Gasteiger partial charge in [0.25, 0.3) is 5.91 Å². The topological polar surface area (TPSA) is 51.0 Å². The Bertz CT molecular complexity index is 808. The van der Waals surface area contributed by atoms with Crippen LogP contribution in [0, 0.1) is 6.92 Å². The summed E-state index contributed by atoms with van der Waals surface area (Å²) in [7, 11) is 1.83. The second-order valence-electron chi connectivity index (χ2n) is 5.89. The van der Waals surface area contributed by atoms with Gasteiger partial charge in [-0.15, -0.1) is 0 Å². The van der Waals surface area contributed by atoms with Crippen molar-refractivity contribution in [1.29, 1.82) is 0 Å². The van der Waals surface area contributed by atoms with Gasteiger partial charge in [-0.25, -0.2) is 9.67 Å². The van der Waals surface area contributed by atoms with E-state index in [4.69, 9.17) is 0 Å². The first-order chi connectivity index (χ1) is 11.6. The van der Waals surface area contributed by atoms with Crippen LogP contribution in [0.25, 0.3) is 5.69 Å². The van der Waals surface area contributed by atoms with Crippen LogP contribution < -0.4 is 0 Å². The maximum absolute atomic E-state index is 12.7. The van der Waals surface area contributed by atoms with E-state index in [1.54, 1.807) is 15.9 Å². The number of aryl methyl sites for hydroxylation is 1. The molecule has 1 aromatic heterocycles. The van der Waals surface area contributed by atoms with Gasteiger partial charge in [0.1, 0.15) is 12.7 Å². The van der Waals surface area contributed by atoms with Gasteiger partial charge < -0.3 is 4.90 Å². The van der Waals surface area contributed by atoms with Gasteiger partial charge in [0.2, 0.25) is 0 Å². The van der Waals surface area contributed by atoms with Crippen molar-refractivity contribution in [3.05, 3.63) is 77.9 Å². The molecule has 3 aromatic rings. The lowest BCUT2D eigenvalue weighted by atomic mass is 10.0. The third-order valence-electron chi connectivity index (χ3n) is 4.26. The van der Waals surface area contributed by atoms with Gasteiger partial charge >= 0.3 is 0 Å². The fourth-order valence-electron chi connectivity index (χ4n) is 2.55. The van der Waals surface area contributed by atoms with Crippen molar-refractivity contribution >= 4 is 5.91 Å². The molecule has 0 aliphatic carbocycles. The first-order valence-electron chi connectivity index (χ1n) is 7.85. The van der Waals surface area contributed by atoms with Gasteiger partial charge in [-0.1, -0.05) is 29.8 Å². The summed E-state index contributed by atoms with van der Waals surface area (Å²) < 4.78 is 1.66. The van der Waals surface area contributed by atoms with E-state index in [1.165, 1.54) is 11.9 Å². The highest BCUT2D eigenvalue weighted by Crippen LogP contribution is 2.21. The Balaban J connectivity index is 1.76. The van der Waals surface area contributed by atoms with Crippen LogP contribution in [0.15, 0.2) is 61.2 Å². The fraction of sp³-hybridized carbons (Fsp3) is 0.211. The number of benzene rings is 2. The van der Waals surface area contributed by atoms with Crippen LogP contribution in [0.4, 0.5) is 0 Å². The standard InChI is InChI=1S/C19H20N4O/c1-14-4-6-16(7-5-14)15(2)22(3)19(24)17-8-10-18(11-9-17)23-13-20-12-21-23/h4-13,15H,1-3H3. The number of hydrogen-bond donors (Lipinski definition) is 0. The summed E-state index contributed by atoms with van der Waals surface area (Å²) in [5.41, 5.74) is 3.86. The van der Waals surface area contributed by atoms with Crippen molar-refractivity contribution in [3.8, 4) is 5.69 Å². The molecule has 2 aromatic carbocycles. The van der Waals surface area contributed by atoms with Crippen molar-refractivity contribution in [2.45, 2.75) is 19.9 Å². The molecule has 3 rings (SSSR count). The van der Waals surface area contributed by atoms with E-state index in [-0.39, 0.29) is 11.9 Å². The summed E-state index contributed by atoms with van der Waals surface area (Å²) in [5.74, 6) is -0.00628. The zero-order chi connectivity index (χ0) is 17.1. The monoisotopic (exact) mass is 320 g/mol. The highest BCUT2D eigenvalue weighted by atomic mass is 16.2. The molecule has 5 heteroatoms. The quantitative estimate of drug-likeness (QED) is 0.740. The molecule has 0 bridgehead atoms. The molecule has 0 fully saturated rings. The zero-order valence-corrected chi connectivity index (χ0v) is 14.0. The maximum atomic E-state index is 12.7. The Morgan fingerprint density at radius 2 is 1.75 bits per heavy atom. The average Bonchev–Trinajstić information content (AvgIpc) is 3.15. The second-order valence-corrected chi connectivity index (χ2v) is 5.89. The number of carbonyl (C=O) groups is 1. The minimum absolute atomic E-state index is 0.00628. The van der Waals surface area contributed by atoms with Crippen LogP contribution in [0.1, 0.15) is 34.5 Å². The van der Waals surface area contributed by atoms with E-state index in [2.05, 4.69) is 41.3 Å². The predicted molar refractivity (Wildman–Crippen MR) is 93.0 cm³/mol. The van der Waals surface area contributed by atoms with Crippen LogP contribution in [0.3, 0.4) is 0 Å². The lowest BCUT2D eigenvalue weighted by molar-refractivity contribution is 0.0742. The molecule has 0 saturated heterocycles. The molecule has 5 nitrogen and oxygen atoms in total. The fourth-order valence-corrected chi connectivity index (χ4v) is 2.55. The van der Waals surface area contributed by atoms with Crippen LogP contribution in [0.2, 0.25) is 0 Å². The van der Waals surface area contributed by atoms with Gasteiger partial charge in [0.05, 0.1) is 11.7 Å². The third kappa shape index (κ3) is 3.20. The predicted octanol–water partition coefficient (Wildman–Crippen LogP) is 3.41. The van der Waals surface area contributed by atoms with E-state index in [1.807, 2.05) is 38.2 Å². The molecule has 122 valence electrons. The molecule has 1 atom stereocenters. The molecular weight excluding hydrogens is 300 g/mol. The maximum Gasteiger partial charge on any atom is 0.254 e. The van der Waals surface area contributed by atoms with Crippen LogP contribution in [-0.4, -0.2) is 32.6 Å². The Hall–Kier alpha value is -2.95. The minimum Gasteiger partial charge on any atom is -0.335 e. The Labute approximate surface area is 141 Å². The van der Waals surface area contributed by atoms with Crippen LogP contribution in [0.5, 0.6) is 0 Å². The summed E-state index contributed by atoms with van der Waals surface area (Å²) in [6, 6.07) is 15.6. The molecule has 1 amide bonds. The first-order valence-corrected chi connectivity index (χ1v) is 7.85. The number of hydrogen-bond acceptors (Lipinski definition) is 3. The van der Waals surface area contributed by atoms with Crippen molar-refractivity contribution < 1.29 is 4.79 Å². The van der Waals surface area contributed by atoms with E-state index >= 15 is 0 Å². The summed E-state index contributed by atoms with van der Waals surface area (Å²) in [4.78, 5) is 18.4. The van der Waals surface area contributed by atoms with Crippen molar-refractivity contribution in [3.63, 3.8) is 0 Å². The lowest BCUT2D eigenvalue weighted by Gasteiger charge is -2.25. The van der Waals surface area contributed by atoms with Crippen LogP contribution in [-0.2, 0) is 0 Å². The van der Waals surface area contributed by atoms with Gasteiger partial charge in [-0.05, 0) is 43.7 Å². The van der Waals surface area contributed by atoms with E-state index in [0.717, 1.165) is 11.3 Å². The van der Waals surface area contributed by atoms with Crippen LogP contribution >= 0.6 is 0 Å². The molecule has 1 unspecified atom stereocenters. The number of amides is 1. The Morgan fingerprint density at radius 1 is 1.08 bits per heavy atom. The molecule has 0 aliphatic heterocycles. The molecular formula is C19H20N4O. The van der Waals surface area contributed by atoms with Crippen molar-refractivity contribution in [1.82, 2.24) is 19.7 Å². The molecule has 0 spiro atoms. The van der Waals surface area contributed by atoms with Gasteiger partial charge in [-0.3, -0.25) is 4.79 Å². The highest BCUT2D eigenvalue weighted by molar-refractivity contribution is 5.94. The number of aromatic nitrogens is 3. The second kappa shape index (κ2) is 6.66. The van der Waals surface area contributed by atoms with Gasteiger partial charge in [0, 0.05) is 12.6 Å². The van der Waals surface area contributed by atoms with Gasteiger partial charge in [0.15, 0.2) is 0 Å². The van der Waals surface area contributed by atoms with Gasteiger partial charge in [-0.2, -0.15) is 5.10 Å². The summed E-state index contributed by atoms with van der Waals surface area (Å²) in [6.07, 6.45) is 3.11. The normalized spacial score (nSPS) is 12.0. The smallest absolute Gasteiger partial charge is 0.254 e. The van der Waals surface area contributed by atoms with Crippen molar-refractivity contribution in [2.24, 2.45) is 0 Å². The van der Waals surface area contributed by atoms with Crippen molar-refractivity contribution in [2.75, 3.05) is 7.05 Å². The molecule has 24 heavy (non-hydrogen) atoms. The molecule has 0 aliphatic rings. The number of rotatable bonds is 4. The summed E-state index contributed by atoms with van der Waals surface area (Å²) in [6.45, 7) is 4.09. The average molecular weight is 320 g/mol. The molecule has 1 heterocycles. The first kappa shape index (κ1) is 15.9. The Morgan fingerprint density at radius 3 is 2.33 bits per heavy atom. The Kier molecular flexibility index (Phi) is 4.42. The largest absolute Gasteiger partial charge is 0.335 e. The molecule has 0 radical (unpaired) electrons. The van der Waals surface area contributed by atoms with E-state index < -0.39 is 0 Å². The zero-order valence-electron chi connectivity index (χ0n) is 14.0. The number of carbonyl (C=O) groups excluding carboxylic acids is 1. The van der Waals surface area contributed by atoms with E-state index in [9.17, 15) is 4.79 Å². The van der Waals surface area contributed by atoms with E-state index in [0.29, 0.717) is 5.56 Å². The highest BCUT2D eigenvalue weighted by Gasteiger charge is 2.18. The number of nitrogens with zero attached hydrogens (tertiary/aromatic N) is 4.